The quantitative estimate of drug-likeness (QED) is 0.900. The van der Waals surface area contributed by atoms with E-state index in [1.165, 1.54) is 18.2 Å². The number of benzene rings is 1. The van der Waals surface area contributed by atoms with Crippen molar-refractivity contribution < 1.29 is 13.2 Å². The van der Waals surface area contributed by atoms with E-state index in [1.807, 2.05) is 19.9 Å². The van der Waals surface area contributed by atoms with Gasteiger partial charge in [0.05, 0.1) is 4.90 Å². The van der Waals surface area contributed by atoms with Gasteiger partial charge in [0.25, 0.3) is 0 Å². The molecule has 1 aromatic rings. The van der Waals surface area contributed by atoms with E-state index in [1.54, 1.807) is 6.92 Å². The largest absolute Gasteiger partial charge is 0.476 e. The van der Waals surface area contributed by atoms with Crippen LogP contribution >= 0.6 is 0 Å². The average Bonchev–Trinajstić information content (AvgIpc) is 2.27. The summed E-state index contributed by atoms with van der Waals surface area (Å²) in [6.45, 7) is 5.44. The molecule has 0 saturated carbocycles. The second kappa shape index (κ2) is 5.38. The molecule has 5 nitrogen and oxygen atoms in total. The SMILES string of the molecule is CC(C#N)Oc1ccc(S(N)(=O)=O)cc1C(C)C. The number of primary sulfonamides is 1. The Morgan fingerprint density at radius 2 is 1.94 bits per heavy atom. The normalized spacial score (nSPS) is 13.1. The maximum absolute atomic E-state index is 11.3. The molecule has 0 bridgehead atoms. The highest BCUT2D eigenvalue weighted by Crippen LogP contribution is 2.29. The molecule has 0 saturated heterocycles. The molecule has 2 N–H and O–H groups in total. The third-order valence-electron chi connectivity index (χ3n) is 2.42. The molecule has 0 spiro atoms. The van der Waals surface area contributed by atoms with Crippen molar-refractivity contribution in [3.8, 4) is 11.8 Å². The molecular weight excluding hydrogens is 252 g/mol. The average molecular weight is 268 g/mol. The van der Waals surface area contributed by atoms with Gasteiger partial charge in [0.2, 0.25) is 10.0 Å². The van der Waals surface area contributed by atoms with E-state index in [0.717, 1.165) is 0 Å². The van der Waals surface area contributed by atoms with Crippen LogP contribution in [0.5, 0.6) is 5.75 Å². The van der Waals surface area contributed by atoms with Crippen molar-refractivity contribution in [2.45, 2.75) is 37.7 Å². The molecule has 1 rings (SSSR count). The first-order chi connectivity index (χ1) is 8.25. The maximum Gasteiger partial charge on any atom is 0.238 e. The Bertz CT molecular complexity index is 573. The van der Waals surface area contributed by atoms with Crippen LogP contribution in [0, 0.1) is 11.3 Å². The fourth-order valence-corrected chi connectivity index (χ4v) is 2.03. The van der Waals surface area contributed by atoms with Gasteiger partial charge in [0, 0.05) is 0 Å². The highest BCUT2D eigenvalue weighted by atomic mass is 32.2. The van der Waals surface area contributed by atoms with Crippen LogP contribution in [0.25, 0.3) is 0 Å². The van der Waals surface area contributed by atoms with E-state index < -0.39 is 16.1 Å². The second-order valence-corrected chi connectivity index (χ2v) is 5.85. The fourth-order valence-electron chi connectivity index (χ4n) is 1.48. The Morgan fingerprint density at radius 3 is 2.39 bits per heavy atom. The Balaban J connectivity index is 3.26. The number of nitrogens with zero attached hydrogens (tertiary/aromatic N) is 1. The van der Waals surface area contributed by atoms with Crippen LogP contribution in [-0.4, -0.2) is 14.5 Å². The van der Waals surface area contributed by atoms with Crippen LogP contribution < -0.4 is 9.88 Å². The molecule has 0 fully saturated rings. The molecular formula is C12H16N2O3S. The number of hydrogen-bond donors (Lipinski definition) is 1. The first kappa shape index (κ1) is 14.5. The summed E-state index contributed by atoms with van der Waals surface area (Å²) in [7, 11) is -3.73. The molecule has 18 heavy (non-hydrogen) atoms. The molecule has 98 valence electrons. The second-order valence-electron chi connectivity index (χ2n) is 4.29. The maximum atomic E-state index is 11.3. The molecule has 1 aromatic carbocycles. The van der Waals surface area contributed by atoms with Gasteiger partial charge in [-0.2, -0.15) is 5.26 Å². The number of nitriles is 1. The first-order valence-electron chi connectivity index (χ1n) is 5.48. The summed E-state index contributed by atoms with van der Waals surface area (Å²) >= 11 is 0. The highest BCUT2D eigenvalue weighted by molar-refractivity contribution is 7.89. The van der Waals surface area contributed by atoms with Gasteiger partial charge in [-0.1, -0.05) is 13.8 Å². The topological polar surface area (TPSA) is 93.2 Å². The lowest BCUT2D eigenvalue weighted by Crippen LogP contribution is -2.14. The lowest BCUT2D eigenvalue weighted by molar-refractivity contribution is 0.272. The van der Waals surface area contributed by atoms with Crippen molar-refractivity contribution in [3.05, 3.63) is 23.8 Å². The number of sulfonamides is 1. The predicted octanol–water partition coefficient (Wildman–Crippen LogP) is 1.75. The Kier molecular flexibility index (Phi) is 4.33. The van der Waals surface area contributed by atoms with Crippen molar-refractivity contribution in [2.75, 3.05) is 0 Å². The van der Waals surface area contributed by atoms with Crippen LogP contribution in [-0.2, 0) is 10.0 Å². The molecule has 0 aromatic heterocycles. The fraction of sp³-hybridized carbons (Fsp3) is 0.417. The number of nitrogens with two attached hydrogens (primary N) is 1. The monoisotopic (exact) mass is 268 g/mol. The molecule has 0 radical (unpaired) electrons. The van der Waals surface area contributed by atoms with Crippen LogP contribution in [0.1, 0.15) is 32.3 Å². The van der Waals surface area contributed by atoms with E-state index in [4.69, 9.17) is 15.1 Å². The van der Waals surface area contributed by atoms with Crippen LogP contribution in [0.2, 0.25) is 0 Å². The van der Waals surface area contributed by atoms with E-state index in [2.05, 4.69) is 0 Å². The van der Waals surface area contributed by atoms with Crippen LogP contribution in [0.4, 0.5) is 0 Å². The van der Waals surface area contributed by atoms with Gasteiger partial charge in [-0.3, -0.25) is 0 Å². The first-order valence-corrected chi connectivity index (χ1v) is 7.03. The zero-order valence-electron chi connectivity index (χ0n) is 10.5. The Hall–Kier alpha value is -1.58. The molecule has 0 aliphatic carbocycles. The molecule has 1 unspecified atom stereocenters. The van der Waals surface area contributed by atoms with Crippen molar-refractivity contribution in [1.82, 2.24) is 0 Å². The standard InChI is InChI=1S/C12H16N2O3S/c1-8(2)11-6-10(18(14,15)16)4-5-12(11)17-9(3)7-13/h4-6,8-9H,1-3H3,(H2,14,15,16). The van der Waals surface area contributed by atoms with Gasteiger partial charge in [-0.25, -0.2) is 13.6 Å². The lowest BCUT2D eigenvalue weighted by Gasteiger charge is -2.16. The van der Waals surface area contributed by atoms with Crippen LogP contribution in [0.15, 0.2) is 23.1 Å². The summed E-state index contributed by atoms with van der Waals surface area (Å²) < 4.78 is 28.0. The van der Waals surface area contributed by atoms with E-state index in [0.29, 0.717) is 11.3 Å². The third kappa shape index (κ3) is 3.45. The minimum atomic E-state index is -3.73. The van der Waals surface area contributed by atoms with Gasteiger partial charge in [-0.15, -0.1) is 0 Å². The van der Waals surface area contributed by atoms with Crippen molar-refractivity contribution >= 4 is 10.0 Å². The smallest absolute Gasteiger partial charge is 0.238 e. The van der Waals surface area contributed by atoms with Crippen molar-refractivity contribution in [1.29, 1.82) is 5.26 Å². The minimum absolute atomic E-state index is 0.0446. The Morgan fingerprint density at radius 1 is 1.33 bits per heavy atom. The summed E-state index contributed by atoms with van der Waals surface area (Å²) in [5, 5.41) is 13.8. The predicted molar refractivity (Wildman–Crippen MR) is 67.6 cm³/mol. The van der Waals surface area contributed by atoms with Crippen LogP contribution in [0.3, 0.4) is 0 Å². The van der Waals surface area contributed by atoms with E-state index in [9.17, 15) is 8.42 Å². The van der Waals surface area contributed by atoms with E-state index in [-0.39, 0.29) is 10.8 Å². The molecule has 1 atom stereocenters. The Labute approximate surface area is 107 Å². The highest BCUT2D eigenvalue weighted by Gasteiger charge is 2.15. The number of rotatable bonds is 4. The third-order valence-corrected chi connectivity index (χ3v) is 3.33. The summed E-state index contributed by atoms with van der Waals surface area (Å²) in [5.41, 5.74) is 0.712. The van der Waals surface area contributed by atoms with Gasteiger partial charge in [0.1, 0.15) is 11.8 Å². The summed E-state index contributed by atoms with van der Waals surface area (Å²) in [5.74, 6) is 0.569. The number of ether oxygens (including phenoxy) is 1. The summed E-state index contributed by atoms with van der Waals surface area (Å²) in [4.78, 5) is 0.0446. The molecule has 0 aliphatic heterocycles. The van der Waals surface area contributed by atoms with Crippen molar-refractivity contribution in [2.24, 2.45) is 5.14 Å². The minimum Gasteiger partial charge on any atom is -0.476 e. The van der Waals surface area contributed by atoms with Gasteiger partial charge < -0.3 is 4.74 Å². The zero-order chi connectivity index (χ0) is 13.9. The summed E-state index contributed by atoms with van der Waals surface area (Å²) in [6.07, 6.45) is -0.595. The van der Waals surface area contributed by atoms with Gasteiger partial charge >= 0.3 is 0 Å². The number of hydrogen-bond acceptors (Lipinski definition) is 4. The molecule has 0 amide bonds. The lowest BCUT2D eigenvalue weighted by atomic mass is 10.0. The van der Waals surface area contributed by atoms with E-state index >= 15 is 0 Å². The molecule has 0 heterocycles. The molecule has 6 heteroatoms. The molecule has 0 aliphatic rings. The van der Waals surface area contributed by atoms with Gasteiger partial charge in [0.15, 0.2) is 6.10 Å². The van der Waals surface area contributed by atoms with Crippen molar-refractivity contribution in [3.63, 3.8) is 0 Å². The summed E-state index contributed by atoms with van der Waals surface area (Å²) in [6, 6.07) is 6.35. The van der Waals surface area contributed by atoms with Gasteiger partial charge in [-0.05, 0) is 36.6 Å². The zero-order valence-corrected chi connectivity index (χ0v) is 11.4.